The van der Waals surface area contributed by atoms with Gasteiger partial charge in [-0.05, 0) is 35.9 Å². The maximum atomic E-state index is 6.16. The molecule has 1 aliphatic carbocycles. The monoisotopic (exact) mass is 232 g/mol. The van der Waals surface area contributed by atoms with E-state index in [0.717, 1.165) is 18.9 Å². The summed E-state index contributed by atoms with van der Waals surface area (Å²) in [7, 11) is 0. The smallest absolute Gasteiger partial charge is 0.0341 e. The maximum Gasteiger partial charge on any atom is 0.0341 e. The van der Waals surface area contributed by atoms with E-state index in [9.17, 15) is 0 Å². The third-order valence-corrected chi connectivity index (χ3v) is 4.08. The molecule has 0 saturated carbocycles. The Hall–Kier alpha value is -0.860. The summed E-state index contributed by atoms with van der Waals surface area (Å²) in [5, 5.41) is 3.67. The van der Waals surface area contributed by atoms with Gasteiger partial charge in [-0.2, -0.15) is 0 Å². The van der Waals surface area contributed by atoms with Crippen LogP contribution in [0.25, 0.3) is 0 Å². The molecule has 0 aromatic heterocycles. The average Bonchev–Trinajstić information content (AvgIpc) is 2.64. The van der Waals surface area contributed by atoms with Crippen molar-refractivity contribution in [3.8, 4) is 0 Å². The van der Waals surface area contributed by atoms with Gasteiger partial charge in [-0.3, -0.25) is 0 Å². The Balaban J connectivity index is 2.00. The van der Waals surface area contributed by atoms with Crippen molar-refractivity contribution in [3.05, 3.63) is 35.4 Å². The molecule has 2 heteroatoms. The lowest BCUT2D eigenvalue weighted by atomic mass is 9.97. The number of nitrogens with two attached hydrogens (primary N) is 1. The van der Waals surface area contributed by atoms with Gasteiger partial charge in [0.15, 0.2) is 0 Å². The minimum atomic E-state index is 0.207. The molecule has 0 amide bonds. The van der Waals surface area contributed by atoms with Gasteiger partial charge in [0.05, 0.1) is 0 Å². The predicted octanol–water partition coefficient (Wildman–Crippen LogP) is 3.01. The van der Waals surface area contributed by atoms with Crippen LogP contribution in [-0.4, -0.2) is 6.54 Å². The van der Waals surface area contributed by atoms with Gasteiger partial charge < -0.3 is 11.1 Å². The molecular formula is C15H24N2. The van der Waals surface area contributed by atoms with Crippen molar-refractivity contribution < 1.29 is 0 Å². The van der Waals surface area contributed by atoms with Crippen molar-refractivity contribution in [2.24, 2.45) is 17.6 Å². The van der Waals surface area contributed by atoms with Gasteiger partial charge in [0, 0.05) is 12.1 Å². The molecular weight excluding hydrogens is 208 g/mol. The molecule has 0 aliphatic heterocycles. The van der Waals surface area contributed by atoms with Gasteiger partial charge in [0.1, 0.15) is 0 Å². The molecule has 0 heterocycles. The molecule has 1 aromatic carbocycles. The topological polar surface area (TPSA) is 38.0 Å². The molecule has 3 N–H and O–H groups in total. The van der Waals surface area contributed by atoms with E-state index in [4.69, 9.17) is 5.73 Å². The van der Waals surface area contributed by atoms with Crippen molar-refractivity contribution >= 4 is 0 Å². The summed E-state index contributed by atoms with van der Waals surface area (Å²) in [6.07, 6.45) is 1.03. The Kier molecular flexibility index (Phi) is 3.85. The Morgan fingerprint density at radius 1 is 1.24 bits per heavy atom. The maximum absolute atomic E-state index is 6.16. The third kappa shape index (κ3) is 2.70. The van der Waals surface area contributed by atoms with E-state index >= 15 is 0 Å². The van der Waals surface area contributed by atoms with Crippen LogP contribution < -0.4 is 11.1 Å². The number of rotatable bonds is 4. The van der Waals surface area contributed by atoms with Gasteiger partial charge >= 0.3 is 0 Å². The summed E-state index contributed by atoms with van der Waals surface area (Å²) >= 11 is 0. The third-order valence-electron chi connectivity index (χ3n) is 4.08. The summed E-state index contributed by atoms with van der Waals surface area (Å²) in [6, 6.07) is 9.21. The second-order valence-corrected chi connectivity index (χ2v) is 5.65. The van der Waals surface area contributed by atoms with Gasteiger partial charge in [-0.15, -0.1) is 0 Å². The molecule has 1 aromatic rings. The molecule has 94 valence electrons. The summed E-state index contributed by atoms with van der Waals surface area (Å²) < 4.78 is 0. The summed E-state index contributed by atoms with van der Waals surface area (Å²) in [4.78, 5) is 0. The highest BCUT2D eigenvalue weighted by Crippen LogP contribution is 2.36. The van der Waals surface area contributed by atoms with Gasteiger partial charge in [0.25, 0.3) is 0 Å². The highest BCUT2D eigenvalue weighted by atomic mass is 14.9. The fraction of sp³-hybridized carbons (Fsp3) is 0.600. The van der Waals surface area contributed by atoms with Gasteiger partial charge in [-0.25, -0.2) is 0 Å². The number of hydrogen-bond acceptors (Lipinski definition) is 2. The molecule has 0 spiro atoms. The van der Waals surface area contributed by atoms with E-state index in [0.29, 0.717) is 12.0 Å². The lowest BCUT2D eigenvalue weighted by Crippen LogP contribution is -2.27. The lowest BCUT2D eigenvalue weighted by Gasteiger charge is -2.20. The largest absolute Gasteiger partial charge is 0.324 e. The van der Waals surface area contributed by atoms with Crippen molar-refractivity contribution in [1.82, 2.24) is 5.32 Å². The SMILES string of the molecule is CC(C)C(C)CNC1CC(N)c2ccccc21. The Bertz CT molecular complexity index is 373. The molecule has 17 heavy (non-hydrogen) atoms. The Morgan fingerprint density at radius 2 is 1.88 bits per heavy atom. The van der Waals surface area contributed by atoms with Crippen LogP contribution in [0.15, 0.2) is 24.3 Å². The van der Waals surface area contributed by atoms with E-state index < -0.39 is 0 Å². The quantitative estimate of drug-likeness (QED) is 0.837. The second kappa shape index (κ2) is 5.19. The van der Waals surface area contributed by atoms with Crippen LogP contribution >= 0.6 is 0 Å². The van der Waals surface area contributed by atoms with E-state index in [1.54, 1.807) is 0 Å². The van der Waals surface area contributed by atoms with Crippen LogP contribution in [0.3, 0.4) is 0 Å². The first-order chi connectivity index (χ1) is 8.09. The first-order valence-electron chi connectivity index (χ1n) is 6.67. The van der Waals surface area contributed by atoms with Crippen LogP contribution in [0.1, 0.15) is 50.4 Å². The number of benzene rings is 1. The zero-order chi connectivity index (χ0) is 12.4. The predicted molar refractivity (Wildman–Crippen MR) is 72.7 cm³/mol. The van der Waals surface area contributed by atoms with E-state index in [1.807, 2.05) is 0 Å². The van der Waals surface area contributed by atoms with Crippen LogP contribution in [0.2, 0.25) is 0 Å². The standard InChI is InChI=1S/C15H24N2/c1-10(2)11(3)9-17-15-8-14(16)12-6-4-5-7-13(12)15/h4-7,10-11,14-15,17H,8-9,16H2,1-3H3. The van der Waals surface area contributed by atoms with E-state index in [1.165, 1.54) is 11.1 Å². The second-order valence-electron chi connectivity index (χ2n) is 5.65. The Morgan fingerprint density at radius 3 is 2.53 bits per heavy atom. The van der Waals surface area contributed by atoms with Gasteiger partial charge in [0.2, 0.25) is 0 Å². The highest BCUT2D eigenvalue weighted by Gasteiger charge is 2.27. The molecule has 0 radical (unpaired) electrons. The number of nitrogens with one attached hydrogen (secondary N) is 1. The number of hydrogen-bond donors (Lipinski definition) is 2. The molecule has 3 unspecified atom stereocenters. The molecule has 0 bridgehead atoms. The summed E-state index contributed by atoms with van der Waals surface area (Å²) in [6.45, 7) is 7.93. The first kappa shape index (κ1) is 12.6. The minimum Gasteiger partial charge on any atom is -0.324 e. The zero-order valence-electron chi connectivity index (χ0n) is 11.1. The van der Waals surface area contributed by atoms with Crippen molar-refractivity contribution in [1.29, 1.82) is 0 Å². The van der Waals surface area contributed by atoms with E-state index in [2.05, 4.69) is 50.4 Å². The van der Waals surface area contributed by atoms with Crippen molar-refractivity contribution in [3.63, 3.8) is 0 Å². The Labute approximate surface area is 105 Å². The molecule has 0 fully saturated rings. The highest BCUT2D eigenvalue weighted by molar-refractivity contribution is 5.37. The fourth-order valence-corrected chi connectivity index (χ4v) is 2.43. The van der Waals surface area contributed by atoms with Crippen LogP contribution in [0.4, 0.5) is 0 Å². The molecule has 2 nitrogen and oxygen atoms in total. The fourth-order valence-electron chi connectivity index (χ4n) is 2.43. The van der Waals surface area contributed by atoms with Crippen LogP contribution in [0.5, 0.6) is 0 Å². The van der Waals surface area contributed by atoms with Crippen LogP contribution in [-0.2, 0) is 0 Å². The molecule has 1 aliphatic rings. The van der Waals surface area contributed by atoms with Gasteiger partial charge in [-0.1, -0.05) is 45.0 Å². The molecule has 0 saturated heterocycles. The minimum absolute atomic E-state index is 0.207. The van der Waals surface area contributed by atoms with Crippen LogP contribution in [0, 0.1) is 11.8 Å². The normalized spacial score (nSPS) is 25.0. The van der Waals surface area contributed by atoms with E-state index in [-0.39, 0.29) is 6.04 Å². The first-order valence-corrected chi connectivity index (χ1v) is 6.67. The molecule has 2 rings (SSSR count). The zero-order valence-corrected chi connectivity index (χ0v) is 11.1. The number of fused-ring (bicyclic) bond motifs is 1. The average molecular weight is 232 g/mol. The lowest BCUT2D eigenvalue weighted by molar-refractivity contribution is 0.364. The summed E-state index contributed by atoms with van der Waals surface area (Å²) in [5.74, 6) is 1.44. The van der Waals surface area contributed by atoms with Crippen molar-refractivity contribution in [2.45, 2.75) is 39.3 Å². The molecule has 3 atom stereocenters. The van der Waals surface area contributed by atoms with Crippen molar-refractivity contribution in [2.75, 3.05) is 6.54 Å². The summed E-state index contributed by atoms with van der Waals surface area (Å²) in [5.41, 5.74) is 8.88.